The summed E-state index contributed by atoms with van der Waals surface area (Å²) in [5.41, 5.74) is 1.42. The predicted octanol–water partition coefficient (Wildman–Crippen LogP) is 2.19. The smallest absolute Gasteiger partial charge is 0.333 e. The fraction of sp³-hybridized carbons (Fsp3) is 0.688. The first-order valence-electron chi connectivity index (χ1n) is 7.08. The zero-order valence-corrected chi connectivity index (χ0v) is 14.4. The van der Waals surface area contributed by atoms with Crippen LogP contribution in [0.3, 0.4) is 0 Å². The molecule has 126 valence electrons. The van der Waals surface area contributed by atoms with E-state index in [4.69, 9.17) is 18.9 Å². The molecule has 0 aliphatic carbocycles. The Morgan fingerprint density at radius 1 is 1.09 bits per heavy atom. The summed E-state index contributed by atoms with van der Waals surface area (Å²) in [5, 5.41) is 0. The first-order valence-corrected chi connectivity index (χ1v) is 7.08. The van der Waals surface area contributed by atoms with E-state index in [0.29, 0.717) is 12.2 Å². The van der Waals surface area contributed by atoms with Crippen LogP contribution in [0.15, 0.2) is 23.3 Å². The van der Waals surface area contributed by atoms with Crippen molar-refractivity contribution >= 4 is 5.97 Å². The minimum absolute atomic E-state index is 0.296. The summed E-state index contributed by atoms with van der Waals surface area (Å²) in [7, 11) is 4.44. The van der Waals surface area contributed by atoms with Gasteiger partial charge in [-0.2, -0.15) is 0 Å². The Morgan fingerprint density at radius 3 is 2.18 bits per heavy atom. The standard InChI is InChI=1S/C16H26O6/c1-11(8-9-12(2)14(17)18-5)13-10-21-15(3,19-6)16(4,20-7)22-13/h8-9,13H,10H2,1-7H3/b11-8+,12-9+/t13-,15-,16-/m1/s1. The van der Waals surface area contributed by atoms with E-state index < -0.39 is 11.6 Å². The lowest BCUT2D eigenvalue weighted by molar-refractivity contribution is -0.426. The van der Waals surface area contributed by atoms with Crippen molar-refractivity contribution in [2.45, 2.75) is 45.4 Å². The lowest BCUT2D eigenvalue weighted by Gasteiger charge is -2.49. The number of esters is 1. The number of carbonyl (C=O) groups excluding carboxylic acids is 1. The second kappa shape index (κ2) is 7.37. The molecule has 1 saturated heterocycles. The van der Waals surface area contributed by atoms with Gasteiger partial charge in [-0.25, -0.2) is 4.79 Å². The van der Waals surface area contributed by atoms with Gasteiger partial charge in [0, 0.05) is 19.8 Å². The van der Waals surface area contributed by atoms with Gasteiger partial charge in [-0.05, 0) is 33.3 Å². The van der Waals surface area contributed by atoms with Crippen molar-refractivity contribution in [1.82, 2.24) is 0 Å². The molecule has 0 bridgehead atoms. The summed E-state index contributed by atoms with van der Waals surface area (Å²) in [5.74, 6) is -2.39. The summed E-state index contributed by atoms with van der Waals surface area (Å²) in [6.45, 7) is 7.46. The van der Waals surface area contributed by atoms with E-state index in [1.807, 2.05) is 13.0 Å². The van der Waals surface area contributed by atoms with Crippen LogP contribution in [0, 0.1) is 0 Å². The van der Waals surface area contributed by atoms with Crippen molar-refractivity contribution in [2.24, 2.45) is 0 Å². The molecule has 0 saturated carbocycles. The fourth-order valence-electron chi connectivity index (χ4n) is 2.07. The van der Waals surface area contributed by atoms with Crippen LogP contribution < -0.4 is 0 Å². The van der Waals surface area contributed by atoms with Crippen molar-refractivity contribution in [2.75, 3.05) is 27.9 Å². The molecule has 22 heavy (non-hydrogen) atoms. The van der Waals surface area contributed by atoms with Gasteiger partial charge in [0.05, 0.1) is 13.7 Å². The van der Waals surface area contributed by atoms with Crippen molar-refractivity contribution < 1.29 is 28.5 Å². The SMILES string of the molecule is COC(=O)/C(C)=C/C=C(\C)[C@H]1CO[C@@](C)(OC)[C@](C)(OC)O1. The molecule has 3 atom stereocenters. The Morgan fingerprint density at radius 2 is 1.68 bits per heavy atom. The van der Waals surface area contributed by atoms with Gasteiger partial charge in [-0.1, -0.05) is 12.2 Å². The second-order valence-electron chi connectivity index (χ2n) is 5.47. The van der Waals surface area contributed by atoms with Crippen LogP contribution in [0.2, 0.25) is 0 Å². The van der Waals surface area contributed by atoms with E-state index >= 15 is 0 Å². The molecule has 0 spiro atoms. The molecule has 0 unspecified atom stereocenters. The molecule has 0 amide bonds. The predicted molar refractivity (Wildman–Crippen MR) is 81.2 cm³/mol. The maximum Gasteiger partial charge on any atom is 0.333 e. The normalized spacial score (nSPS) is 33.7. The fourth-order valence-corrected chi connectivity index (χ4v) is 2.07. The van der Waals surface area contributed by atoms with E-state index in [0.717, 1.165) is 5.57 Å². The molecule has 1 fully saturated rings. The minimum Gasteiger partial charge on any atom is -0.466 e. The zero-order valence-electron chi connectivity index (χ0n) is 14.4. The Kier molecular flexibility index (Phi) is 6.31. The Hall–Kier alpha value is -1.21. The lowest BCUT2D eigenvalue weighted by atomic mass is 10.0. The van der Waals surface area contributed by atoms with Gasteiger partial charge in [-0.3, -0.25) is 0 Å². The van der Waals surface area contributed by atoms with Gasteiger partial charge in [0.1, 0.15) is 6.10 Å². The van der Waals surface area contributed by atoms with E-state index in [1.165, 1.54) is 7.11 Å². The third-order valence-corrected chi connectivity index (χ3v) is 4.09. The summed E-state index contributed by atoms with van der Waals surface area (Å²) < 4.78 is 27.3. The first kappa shape index (κ1) is 18.8. The highest BCUT2D eigenvalue weighted by atomic mass is 16.8. The van der Waals surface area contributed by atoms with Crippen LogP contribution in [0.25, 0.3) is 0 Å². The van der Waals surface area contributed by atoms with Crippen LogP contribution in [-0.2, 0) is 28.5 Å². The number of methoxy groups -OCH3 is 3. The maximum absolute atomic E-state index is 11.4. The highest BCUT2D eigenvalue weighted by Crippen LogP contribution is 2.37. The maximum atomic E-state index is 11.4. The van der Waals surface area contributed by atoms with Gasteiger partial charge in [0.15, 0.2) is 0 Å². The second-order valence-corrected chi connectivity index (χ2v) is 5.47. The van der Waals surface area contributed by atoms with Crippen LogP contribution in [0.1, 0.15) is 27.7 Å². The first-order chi connectivity index (χ1) is 10.2. The molecular weight excluding hydrogens is 288 g/mol. The number of ether oxygens (including phenoxy) is 5. The Balaban J connectivity index is 2.89. The van der Waals surface area contributed by atoms with Gasteiger partial charge in [-0.15, -0.1) is 0 Å². The molecule has 6 heteroatoms. The third kappa shape index (κ3) is 3.76. The van der Waals surface area contributed by atoms with Crippen molar-refractivity contribution in [3.63, 3.8) is 0 Å². The van der Waals surface area contributed by atoms with Gasteiger partial charge in [0.2, 0.25) is 11.6 Å². The number of hydrogen-bond acceptors (Lipinski definition) is 6. The molecule has 0 aromatic heterocycles. The topological polar surface area (TPSA) is 63.2 Å². The van der Waals surface area contributed by atoms with Crippen molar-refractivity contribution in [1.29, 1.82) is 0 Å². The van der Waals surface area contributed by atoms with Gasteiger partial charge >= 0.3 is 5.97 Å². The van der Waals surface area contributed by atoms with E-state index in [-0.39, 0.29) is 12.1 Å². The number of hydrogen-bond donors (Lipinski definition) is 0. The minimum atomic E-state index is -1.04. The molecule has 0 aromatic carbocycles. The number of carbonyl (C=O) groups is 1. The highest BCUT2D eigenvalue weighted by molar-refractivity contribution is 5.87. The van der Waals surface area contributed by atoms with Crippen LogP contribution in [-0.4, -0.2) is 51.6 Å². The molecule has 0 aromatic rings. The summed E-state index contributed by atoms with van der Waals surface area (Å²) >= 11 is 0. The molecule has 1 rings (SSSR count). The summed E-state index contributed by atoms with van der Waals surface area (Å²) in [6.07, 6.45) is 3.21. The highest BCUT2D eigenvalue weighted by Gasteiger charge is 2.53. The average molecular weight is 314 g/mol. The summed E-state index contributed by atoms with van der Waals surface area (Å²) in [6, 6.07) is 0. The van der Waals surface area contributed by atoms with Crippen molar-refractivity contribution in [3.8, 4) is 0 Å². The molecular formula is C16H26O6. The average Bonchev–Trinajstić information content (AvgIpc) is 2.53. The Labute approximate surface area is 132 Å². The largest absolute Gasteiger partial charge is 0.466 e. The Bertz CT molecular complexity index is 469. The molecule has 1 aliphatic heterocycles. The third-order valence-electron chi connectivity index (χ3n) is 4.09. The van der Waals surface area contributed by atoms with Crippen molar-refractivity contribution in [3.05, 3.63) is 23.3 Å². The molecule has 0 radical (unpaired) electrons. The number of rotatable bonds is 5. The zero-order chi connectivity index (χ0) is 17.0. The monoisotopic (exact) mass is 314 g/mol. The van der Waals surface area contributed by atoms with E-state index in [9.17, 15) is 4.79 Å². The summed E-state index contributed by atoms with van der Waals surface area (Å²) in [4.78, 5) is 11.4. The quantitative estimate of drug-likeness (QED) is 0.440. The molecule has 0 N–H and O–H groups in total. The van der Waals surface area contributed by atoms with E-state index in [1.54, 1.807) is 41.1 Å². The molecule has 1 aliphatic rings. The van der Waals surface area contributed by atoms with Crippen LogP contribution in [0.4, 0.5) is 0 Å². The van der Waals surface area contributed by atoms with Crippen LogP contribution in [0.5, 0.6) is 0 Å². The van der Waals surface area contributed by atoms with E-state index in [2.05, 4.69) is 4.74 Å². The molecule has 6 nitrogen and oxygen atoms in total. The van der Waals surface area contributed by atoms with Gasteiger partial charge < -0.3 is 23.7 Å². The van der Waals surface area contributed by atoms with Gasteiger partial charge in [0.25, 0.3) is 0 Å². The lowest BCUT2D eigenvalue weighted by Crippen LogP contribution is -2.62. The molecule has 1 heterocycles. The van der Waals surface area contributed by atoms with Crippen LogP contribution >= 0.6 is 0 Å². The number of allylic oxidation sites excluding steroid dienone is 2.